The van der Waals surface area contributed by atoms with E-state index >= 15 is 0 Å². The SMILES string of the molecule is COc1ccc2cc(C(=O)NCCN3CCCC3)oc2c1. The van der Waals surface area contributed by atoms with E-state index in [-0.39, 0.29) is 5.91 Å². The van der Waals surface area contributed by atoms with Crippen LogP contribution in [0.15, 0.2) is 28.7 Å². The number of furan rings is 1. The number of nitrogens with zero attached hydrogens (tertiary/aromatic N) is 1. The predicted molar refractivity (Wildman–Crippen MR) is 80.8 cm³/mol. The molecule has 0 unspecified atom stereocenters. The van der Waals surface area contributed by atoms with Crippen molar-refractivity contribution in [1.82, 2.24) is 10.2 Å². The molecule has 0 spiro atoms. The Morgan fingerprint density at radius 1 is 1.33 bits per heavy atom. The number of hydrogen-bond donors (Lipinski definition) is 1. The van der Waals surface area contributed by atoms with Crippen molar-refractivity contribution >= 4 is 16.9 Å². The molecule has 1 saturated heterocycles. The number of carbonyl (C=O) groups excluding carboxylic acids is 1. The average Bonchev–Trinajstić information content (AvgIpc) is 3.15. The minimum atomic E-state index is -0.163. The fourth-order valence-corrected chi connectivity index (χ4v) is 2.67. The maximum atomic E-state index is 12.1. The van der Waals surface area contributed by atoms with Gasteiger partial charge in [-0.2, -0.15) is 0 Å². The van der Waals surface area contributed by atoms with Crippen LogP contribution >= 0.6 is 0 Å². The second-order valence-electron chi connectivity index (χ2n) is 5.32. The summed E-state index contributed by atoms with van der Waals surface area (Å²) in [5.41, 5.74) is 0.666. The smallest absolute Gasteiger partial charge is 0.287 e. The lowest BCUT2D eigenvalue weighted by Crippen LogP contribution is -2.33. The Bertz CT molecular complexity index is 629. The Kier molecular flexibility index (Phi) is 4.10. The van der Waals surface area contributed by atoms with Gasteiger partial charge in [0.05, 0.1) is 7.11 Å². The molecule has 1 amide bonds. The summed E-state index contributed by atoms with van der Waals surface area (Å²) in [7, 11) is 1.61. The summed E-state index contributed by atoms with van der Waals surface area (Å²) in [6.45, 7) is 3.83. The first-order valence-electron chi connectivity index (χ1n) is 7.34. The molecule has 112 valence electrons. The molecule has 1 aromatic carbocycles. The Labute approximate surface area is 123 Å². The number of fused-ring (bicyclic) bond motifs is 1. The van der Waals surface area contributed by atoms with Crippen LogP contribution in [0, 0.1) is 0 Å². The minimum absolute atomic E-state index is 0.163. The van der Waals surface area contributed by atoms with Crippen molar-refractivity contribution in [3.05, 3.63) is 30.0 Å². The zero-order chi connectivity index (χ0) is 14.7. The van der Waals surface area contributed by atoms with Crippen LogP contribution in [0.25, 0.3) is 11.0 Å². The lowest BCUT2D eigenvalue weighted by Gasteiger charge is -2.14. The molecule has 0 saturated carbocycles. The van der Waals surface area contributed by atoms with Crippen molar-refractivity contribution in [3.63, 3.8) is 0 Å². The molecule has 2 aromatic rings. The summed E-state index contributed by atoms with van der Waals surface area (Å²) in [5, 5.41) is 3.81. The quantitative estimate of drug-likeness (QED) is 0.917. The fourth-order valence-electron chi connectivity index (χ4n) is 2.67. The lowest BCUT2D eigenvalue weighted by atomic mass is 10.2. The number of likely N-dealkylation sites (tertiary alicyclic amines) is 1. The van der Waals surface area contributed by atoms with E-state index in [9.17, 15) is 4.79 Å². The van der Waals surface area contributed by atoms with E-state index in [1.54, 1.807) is 19.2 Å². The van der Waals surface area contributed by atoms with E-state index < -0.39 is 0 Å². The number of ether oxygens (including phenoxy) is 1. The van der Waals surface area contributed by atoms with Crippen LogP contribution in [0.2, 0.25) is 0 Å². The normalized spacial score (nSPS) is 15.5. The second-order valence-corrected chi connectivity index (χ2v) is 5.32. The first kappa shape index (κ1) is 13.9. The molecule has 1 N–H and O–H groups in total. The molecule has 2 heterocycles. The van der Waals surface area contributed by atoms with Gasteiger partial charge in [-0.15, -0.1) is 0 Å². The summed E-state index contributed by atoms with van der Waals surface area (Å²) >= 11 is 0. The highest BCUT2D eigenvalue weighted by atomic mass is 16.5. The topological polar surface area (TPSA) is 54.7 Å². The van der Waals surface area contributed by atoms with Crippen LogP contribution in [0.4, 0.5) is 0 Å². The summed E-state index contributed by atoms with van der Waals surface area (Å²) < 4.78 is 10.7. The van der Waals surface area contributed by atoms with Crippen LogP contribution in [0.3, 0.4) is 0 Å². The van der Waals surface area contributed by atoms with Crippen LogP contribution in [0.5, 0.6) is 5.75 Å². The standard InChI is InChI=1S/C16H20N2O3/c1-20-13-5-4-12-10-15(21-14(12)11-13)16(19)17-6-9-18-7-2-3-8-18/h4-5,10-11H,2-3,6-9H2,1H3,(H,17,19). The van der Waals surface area contributed by atoms with Gasteiger partial charge >= 0.3 is 0 Å². The average molecular weight is 288 g/mol. The zero-order valence-corrected chi connectivity index (χ0v) is 12.2. The summed E-state index contributed by atoms with van der Waals surface area (Å²) in [5.74, 6) is 0.905. The zero-order valence-electron chi connectivity index (χ0n) is 12.2. The van der Waals surface area contributed by atoms with Crippen LogP contribution in [-0.4, -0.2) is 44.1 Å². The Hall–Kier alpha value is -2.01. The molecule has 3 rings (SSSR count). The lowest BCUT2D eigenvalue weighted by molar-refractivity contribution is 0.0924. The largest absolute Gasteiger partial charge is 0.497 e. The molecule has 0 bridgehead atoms. The van der Waals surface area contributed by atoms with Crippen molar-refractivity contribution < 1.29 is 13.9 Å². The number of amides is 1. The molecule has 1 aromatic heterocycles. The molecule has 1 aliphatic heterocycles. The molecular weight excluding hydrogens is 268 g/mol. The molecule has 5 heteroatoms. The van der Waals surface area contributed by atoms with Crippen LogP contribution in [0.1, 0.15) is 23.4 Å². The third-order valence-electron chi connectivity index (χ3n) is 3.86. The van der Waals surface area contributed by atoms with Crippen molar-refractivity contribution in [1.29, 1.82) is 0 Å². The van der Waals surface area contributed by atoms with Crippen LogP contribution in [-0.2, 0) is 0 Å². The van der Waals surface area contributed by atoms with Crippen molar-refractivity contribution in [2.24, 2.45) is 0 Å². The summed E-state index contributed by atoms with van der Waals surface area (Å²) in [6, 6.07) is 7.29. The van der Waals surface area contributed by atoms with Gasteiger partial charge < -0.3 is 19.4 Å². The number of methoxy groups -OCH3 is 1. The predicted octanol–water partition coefficient (Wildman–Crippen LogP) is 2.27. The molecule has 5 nitrogen and oxygen atoms in total. The number of rotatable bonds is 5. The van der Waals surface area contributed by atoms with Gasteiger partial charge in [0.1, 0.15) is 11.3 Å². The third kappa shape index (κ3) is 3.19. The number of benzene rings is 1. The van der Waals surface area contributed by atoms with Gasteiger partial charge in [0, 0.05) is 24.5 Å². The number of hydrogen-bond acceptors (Lipinski definition) is 4. The van der Waals surface area contributed by atoms with Gasteiger partial charge in [0.2, 0.25) is 0 Å². The van der Waals surface area contributed by atoms with Crippen molar-refractivity contribution in [3.8, 4) is 5.75 Å². The highest BCUT2D eigenvalue weighted by Gasteiger charge is 2.14. The molecular formula is C16H20N2O3. The molecule has 0 atom stereocenters. The molecule has 21 heavy (non-hydrogen) atoms. The van der Waals surface area contributed by atoms with Gasteiger partial charge in [0.25, 0.3) is 5.91 Å². The minimum Gasteiger partial charge on any atom is -0.497 e. The van der Waals surface area contributed by atoms with E-state index in [1.165, 1.54) is 12.8 Å². The van der Waals surface area contributed by atoms with Gasteiger partial charge in [-0.05, 0) is 44.1 Å². The second kappa shape index (κ2) is 6.18. The molecule has 1 fully saturated rings. The van der Waals surface area contributed by atoms with E-state index in [2.05, 4.69) is 10.2 Å². The van der Waals surface area contributed by atoms with E-state index in [1.807, 2.05) is 12.1 Å². The third-order valence-corrected chi connectivity index (χ3v) is 3.86. The van der Waals surface area contributed by atoms with Gasteiger partial charge in [-0.3, -0.25) is 4.79 Å². The van der Waals surface area contributed by atoms with E-state index in [0.29, 0.717) is 17.9 Å². The number of nitrogens with one attached hydrogen (secondary N) is 1. The van der Waals surface area contributed by atoms with E-state index in [0.717, 1.165) is 30.8 Å². The first-order chi connectivity index (χ1) is 10.3. The monoisotopic (exact) mass is 288 g/mol. The van der Waals surface area contributed by atoms with Gasteiger partial charge in [-0.25, -0.2) is 0 Å². The first-order valence-corrected chi connectivity index (χ1v) is 7.34. The summed E-state index contributed by atoms with van der Waals surface area (Å²) in [6.07, 6.45) is 2.53. The van der Waals surface area contributed by atoms with Crippen molar-refractivity contribution in [2.45, 2.75) is 12.8 Å². The van der Waals surface area contributed by atoms with Gasteiger partial charge in [0.15, 0.2) is 5.76 Å². The van der Waals surface area contributed by atoms with Crippen molar-refractivity contribution in [2.75, 3.05) is 33.3 Å². The fraction of sp³-hybridized carbons (Fsp3) is 0.438. The highest BCUT2D eigenvalue weighted by Crippen LogP contribution is 2.24. The maximum absolute atomic E-state index is 12.1. The Morgan fingerprint density at radius 2 is 2.14 bits per heavy atom. The highest BCUT2D eigenvalue weighted by molar-refractivity contribution is 5.96. The Balaban J connectivity index is 1.61. The molecule has 0 aliphatic carbocycles. The number of carbonyl (C=O) groups is 1. The van der Waals surface area contributed by atoms with E-state index in [4.69, 9.17) is 9.15 Å². The Morgan fingerprint density at radius 3 is 2.90 bits per heavy atom. The van der Waals surface area contributed by atoms with Crippen LogP contribution < -0.4 is 10.1 Å². The molecule has 1 aliphatic rings. The summed E-state index contributed by atoms with van der Waals surface area (Å²) in [4.78, 5) is 14.5. The maximum Gasteiger partial charge on any atom is 0.287 e. The van der Waals surface area contributed by atoms with Gasteiger partial charge in [-0.1, -0.05) is 0 Å². The molecule has 0 radical (unpaired) electrons.